The van der Waals surface area contributed by atoms with Crippen LogP contribution in [0.5, 0.6) is 5.75 Å². The average Bonchev–Trinajstić information content (AvgIpc) is 2.70. The van der Waals surface area contributed by atoms with Gasteiger partial charge >= 0.3 is 0 Å². The fourth-order valence-corrected chi connectivity index (χ4v) is 3.75. The molecule has 29 heavy (non-hydrogen) atoms. The van der Waals surface area contributed by atoms with Crippen LogP contribution in [-0.2, 0) is 24.6 Å². The van der Waals surface area contributed by atoms with Gasteiger partial charge in [0.25, 0.3) is 0 Å². The lowest BCUT2D eigenvalue weighted by Crippen LogP contribution is -2.38. The van der Waals surface area contributed by atoms with Crippen LogP contribution in [0.4, 0.5) is 0 Å². The number of carbonyl (C=O) groups excluding carboxylic acids is 1. The summed E-state index contributed by atoms with van der Waals surface area (Å²) in [5, 5.41) is 12.7. The first-order chi connectivity index (χ1) is 14.2. The van der Waals surface area contributed by atoms with Crippen molar-refractivity contribution in [1.29, 1.82) is 0 Å². The lowest BCUT2D eigenvalue weighted by atomic mass is 9.97. The van der Waals surface area contributed by atoms with Crippen molar-refractivity contribution in [3.05, 3.63) is 64.1 Å². The minimum absolute atomic E-state index is 0.0500. The van der Waals surface area contributed by atoms with E-state index in [0.717, 1.165) is 31.2 Å². The minimum Gasteiger partial charge on any atom is -0.483 e. The van der Waals surface area contributed by atoms with Crippen molar-refractivity contribution in [3.63, 3.8) is 0 Å². The predicted octanol–water partition coefficient (Wildman–Crippen LogP) is 3.15. The second-order valence-corrected chi connectivity index (χ2v) is 7.66. The van der Waals surface area contributed by atoms with E-state index in [-0.39, 0.29) is 42.9 Å². The van der Waals surface area contributed by atoms with Gasteiger partial charge in [-0.1, -0.05) is 62.4 Å². The smallest absolute Gasteiger partial charge is 0.240 e. The Kier molecular flexibility index (Phi) is 7.87. The molecular formula is C23H30N2O4. The third-order valence-electron chi connectivity index (χ3n) is 5.37. The molecule has 1 aliphatic carbocycles. The maximum Gasteiger partial charge on any atom is 0.240 e. The molecule has 3 rings (SSSR count). The normalized spacial score (nSPS) is 15.3. The molecule has 156 valence electrons. The van der Waals surface area contributed by atoms with Crippen molar-refractivity contribution in [2.45, 2.75) is 70.7 Å². The SMILES string of the molecule is O=C(Cn1cc(OCc2ccccc2)c(=O)cc1CO)NC1CCCCCCC1. The maximum atomic E-state index is 12.6. The number of hydrogen-bond acceptors (Lipinski definition) is 4. The van der Waals surface area contributed by atoms with Crippen LogP contribution in [-0.4, -0.2) is 21.6 Å². The van der Waals surface area contributed by atoms with E-state index in [4.69, 9.17) is 4.74 Å². The van der Waals surface area contributed by atoms with Crippen molar-refractivity contribution < 1.29 is 14.6 Å². The lowest BCUT2D eigenvalue weighted by Gasteiger charge is -2.22. The van der Waals surface area contributed by atoms with Crippen LogP contribution in [0.1, 0.15) is 56.2 Å². The molecule has 0 aliphatic heterocycles. The molecule has 6 heteroatoms. The number of rotatable bonds is 7. The highest BCUT2D eigenvalue weighted by Crippen LogP contribution is 2.17. The van der Waals surface area contributed by atoms with E-state index in [1.54, 1.807) is 4.57 Å². The van der Waals surface area contributed by atoms with Crippen molar-refractivity contribution in [2.24, 2.45) is 0 Å². The molecule has 0 spiro atoms. The van der Waals surface area contributed by atoms with Crippen LogP contribution < -0.4 is 15.5 Å². The quantitative estimate of drug-likeness (QED) is 0.751. The van der Waals surface area contributed by atoms with Gasteiger partial charge in [0.15, 0.2) is 5.75 Å². The summed E-state index contributed by atoms with van der Waals surface area (Å²) in [7, 11) is 0. The molecule has 0 unspecified atom stereocenters. The number of ether oxygens (including phenoxy) is 1. The summed E-state index contributed by atoms with van der Waals surface area (Å²) in [4.78, 5) is 24.9. The molecule has 6 nitrogen and oxygen atoms in total. The van der Waals surface area contributed by atoms with E-state index in [2.05, 4.69) is 5.32 Å². The molecule has 2 aromatic rings. The Hall–Kier alpha value is -2.60. The molecular weight excluding hydrogens is 368 g/mol. The van der Waals surface area contributed by atoms with Gasteiger partial charge in [0.05, 0.1) is 12.8 Å². The summed E-state index contributed by atoms with van der Waals surface area (Å²) in [5.41, 5.74) is 1.04. The number of aliphatic hydroxyl groups is 1. The molecule has 1 saturated carbocycles. The molecule has 1 heterocycles. The Morgan fingerprint density at radius 2 is 1.79 bits per heavy atom. The number of nitrogens with zero attached hydrogens (tertiary/aromatic N) is 1. The van der Waals surface area contributed by atoms with E-state index < -0.39 is 0 Å². The number of pyridine rings is 1. The third-order valence-corrected chi connectivity index (χ3v) is 5.37. The number of amides is 1. The van der Waals surface area contributed by atoms with E-state index in [9.17, 15) is 14.7 Å². The van der Waals surface area contributed by atoms with Crippen molar-refractivity contribution in [3.8, 4) is 5.75 Å². The molecule has 2 N–H and O–H groups in total. The molecule has 1 fully saturated rings. The summed E-state index contributed by atoms with van der Waals surface area (Å²) in [6, 6.07) is 11.1. The molecule has 1 aromatic heterocycles. The zero-order valence-electron chi connectivity index (χ0n) is 16.8. The highest BCUT2D eigenvalue weighted by molar-refractivity contribution is 5.76. The summed E-state index contributed by atoms with van der Waals surface area (Å²) in [6.07, 6.45) is 9.55. The van der Waals surface area contributed by atoms with Gasteiger partial charge in [-0.05, 0) is 18.4 Å². The van der Waals surface area contributed by atoms with Crippen molar-refractivity contribution >= 4 is 5.91 Å². The van der Waals surface area contributed by atoms with Gasteiger partial charge in [-0.25, -0.2) is 0 Å². The summed E-state index contributed by atoms with van der Waals surface area (Å²) in [6.45, 7) is 0.00209. The molecule has 0 bridgehead atoms. The minimum atomic E-state index is -0.315. The standard InChI is InChI=1S/C23H30N2O4/c26-16-20-13-21(27)22(29-17-18-9-5-4-6-10-18)14-25(20)15-23(28)24-19-11-7-2-1-3-8-12-19/h4-6,9-10,13-14,19,26H,1-3,7-8,11-12,15-17H2,(H,24,28). The third kappa shape index (κ3) is 6.46. The van der Waals surface area contributed by atoms with Crippen molar-refractivity contribution in [1.82, 2.24) is 9.88 Å². The van der Waals surface area contributed by atoms with Gasteiger partial charge in [0.1, 0.15) is 13.2 Å². The number of nitrogens with one attached hydrogen (secondary N) is 1. The number of aromatic nitrogens is 1. The lowest BCUT2D eigenvalue weighted by molar-refractivity contribution is -0.122. The second-order valence-electron chi connectivity index (χ2n) is 7.66. The second kappa shape index (κ2) is 10.8. The molecule has 0 atom stereocenters. The number of benzene rings is 1. The van der Waals surface area contributed by atoms with Gasteiger partial charge in [-0.15, -0.1) is 0 Å². The molecule has 1 aliphatic rings. The van der Waals surface area contributed by atoms with Crippen LogP contribution in [0.3, 0.4) is 0 Å². The van der Waals surface area contributed by atoms with Gasteiger partial charge in [-0.3, -0.25) is 9.59 Å². The topological polar surface area (TPSA) is 80.6 Å². The Bertz CT molecular complexity index is 840. The highest BCUT2D eigenvalue weighted by atomic mass is 16.5. The fourth-order valence-electron chi connectivity index (χ4n) is 3.75. The first-order valence-electron chi connectivity index (χ1n) is 10.5. The van der Waals surface area contributed by atoms with Crippen LogP contribution >= 0.6 is 0 Å². The van der Waals surface area contributed by atoms with Gasteiger partial charge < -0.3 is 19.7 Å². The Morgan fingerprint density at radius 1 is 1.10 bits per heavy atom. The Morgan fingerprint density at radius 3 is 2.48 bits per heavy atom. The van der Waals surface area contributed by atoms with E-state index >= 15 is 0 Å². The molecule has 1 amide bonds. The van der Waals surface area contributed by atoms with E-state index in [1.165, 1.54) is 31.5 Å². The summed E-state index contributed by atoms with van der Waals surface area (Å²) >= 11 is 0. The van der Waals surface area contributed by atoms with E-state index in [0.29, 0.717) is 5.69 Å². The van der Waals surface area contributed by atoms with E-state index in [1.807, 2.05) is 30.3 Å². The Balaban J connectivity index is 1.66. The monoisotopic (exact) mass is 398 g/mol. The van der Waals surface area contributed by atoms with Crippen LogP contribution in [0.15, 0.2) is 47.4 Å². The van der Waals surface area contributed by atoms with Crippen LogP contribution in [0.2, 0.25) is 0 Å². The van der Waals surface area contributed by atoms with Gasteiger partial charge in [0, 0.05) is 17.8 Å². The summed E-state index contributed by atoms with van der Waals surface area (Å²) in [5.74, 6) is 0.0627. The van der Waals surface area contributed by atoms with Crippen LogP contribution in [0, 0.1) is 0 Å². The maximum absolute atomic E-state index is 12.6. The highest BCUT2D eigenvalue weighted by Gasteiger charge is 2.16. The largest absolute Gasteiger partial charge is 0.483 e. The Labute approximate surface area is 171 Å². The molecule has 0 radical (unpaired) electrons. The first kappa shape index (κ1) is 21.1. The summed E-state index contributed by atoms with van der Waals surface area (Å²) < 4.78 is 7.28. The molecule has 1 aromatic carbocycles. The fraction of sp³-hybridized carbons (Fsp3) is 0.478. The number of carbonyl (C=O) groups is 1. The number of hydrogen-bond donors (Lipinski definition) is 2. The van der Waals surface area contributed by atoms with Gasteiger partial charge in [-0.2, -0.15) is 0 Å². The average molecular weight is 399 g/mol. The van der Waals surface area contributed by atoms with Crippen LogP contribution in [0.25, 0.3) is 0 Å². The zero-order chi connectivity index (χ0) is 20.5. The van der Waals surface area contributed by atoms with Crippen molar-refractivity contribution in [2.75, 3.05) is 0 Å². The predicted molar refractivity (Wildman–Crippen MR) is 112 cm³/mol. The van der Waals surface area contributed by atoms with Gasteiger partial charge in [0.2, 0.25) is 11.3 Å². The zero-order valence-corrected chi connectivity index (χ0v) is 16.8. The first-order valence-corrected chi connectivity index (χ1v) is 10.5. The number of aliphatic hydroxyl groups excluding tert-OH is 1. The molecule has 0 saturated heterocycles.